The van der Waals surface area contributed by atoms with Crippen molar-refractivity contribution in [3.63, 3.8) is 0 Å². The Morgan fingerprint density at radius 2 is 1.77 bits per heavy atom. The Labute approximate surface area is 185 Å². The van der Waals surface area contributed by atoms with Crippen molar-refractivity contribution in [3.8, 4) is 0 Å². The number of sulfonamides is 1. The van der Waals surface area contributed by atoms with Crippen molar-refractivity contribution >= 4 is 27.5 Å². The van der Waals surface area contributed by atoms with E-state index < -0.39 is 22.0 Å². The van der Waals surface area contributed by atoms with Gasteiger partial charge in [0.25, 0.3) is 0 Å². The molecule has 0 saturated carbocycles. The van der Waals surface area contributed by atoms with Gasteiger partial charge in [0, 0.05) is 13.6 Å². The number of para-hydroxylation sites is 1. The van der Waals surface area contributed by atoms with Crippen molar-refractivity contribution in [3.05, 3.63) is 65.2 Å². The number of amides is 2. The molecule has 31 heavy (non-hydrogen) atoms. The maximum Gasteiger partial charge on any atom is 0.244 e. The second kappa shape index (κ2) is 10.4. The monoisotopic (exact) mass is 445 g/mol. The van der Waals surface area contributed by atoms with Gasteiger partial charge < -0.3 is 10.2 Å². The maximum atomic E-state index is 13.4. The molecule has 0 fully saturated rings. The van der Waals surface area contributed by atoms with E-state index in [9.17, 15) is 18.0 Å². The second-order valence-corrected chi connectivity index (χ2v) is 9.46. The minimum atomic E-state index is -3.72. The van der Waals surface area contributed by atoms with E-state index in [0.29, 0.717) is 12.1 Å². The number of hydrogen-bond donors (Lipinski definition) is 1. The van der Waals surface area contributed by atoms with Crippen LogP contribution in [-0.4, -0.2) is 51.0 Å². The van der Waals surface area contributed by atoms with E-state index in [1.54, 1.807) is 19.1 Å². The zero-order valence-corrected chi connectivity index (χ0v) is 19.6. The normalized spacial score (nSPS) is 12.2. The number of nitrogens with one attached hydrogen (secondary N) is 1. The molecule has 2 aromatic carbocycles. The lowest BCUT2D eigenvalue weighted by atomic mass is 10.1. The van der Waals surface area contributed by atoms with Crippen LogP contribution in [0.2, 0.25) is 0 Å². The van der Waals surface area contributed by atoms with Crippen LogP contribution >= 0.6 is 0 Å². The first-order valence-electron chi connectivity index (χ1n) is 10.2. The molecule has 0 aromatic heterocycles. The summed E-state index contributed by atoms with van der Waals surface area (Å²) in [5.74, 6) is -0.769. The Hall–Kier alpha value is -2.87. The quantitative estimate of drug-likeness (QED) is 0.642. The van der Waals surface area contributed by atoms with Crippen LogP contribution in [0.3, 0.4) is 0 Å². The Morgan fingerprint density at radius 3 is 2.35 bits per heavy atom. The van der Waals surface area contributed by atoms with Crippen LogP contribution in [0.4, 0.5) is 5.69 Å². The molecule has 0 aliphatic rings. The number of carbonyl (C=O) groups excluding carboxylic acids is 2. The highest BCUT2D eigenvalue weighted by Crippen LogP contribution is 2.24. The highest BCUT2D eigenvalue weighted by atomic mass is 32.2. The van der Waals surface area contributed by atoms with Crippen molar-refractivity contribution < 1.29 is 18.0 Å². The lowest BCUT2D eigenvalue weighted by molar-refractivity contribution is -0.139. The average Bonchev–Trinajstić information content (AvgIpc) is 2.73. The fraction of sp³-hybridized carbons (Fsp3) is 0.391. The van der Waals surface area contributed by atoms with E-state index >= 15 is 0 Å². The van der Waals surface area contributed by atoms with E-state index in [1.165, 1.54) is 11.9 Å². The summed E-state index contributed by atoms with van der Waals surface area (Å²) in [6.07, 6.45) is 1.71. The standard InChI is InChI=1S/C23H31N3O4S/c1-6-20-12-7-8-13-21(20)26(31(5,29)30)16-22(27)25(18(3)23(28)24-4)15-19-11-9-10-17(2)14-19/h7-14,18H,6,15-16H2,1-5H3,(H,24,28). The molecule has 0 aliphatic heterocycles. The molecule has 0 radical (unpaired) electrons. The third kappa shape index (κ3) is 6.30. The first kappa shape index (κ1) is 24.4. The molecule has 2 rings (SSSR count). The van der Waals surface area contributed by atoms with Crippen LogP contribution in [0.25, 0.3) is 0 Å². The van der Waals surface area contributed by atoms with E-state index in [2.05, 4.69) is 5.32 Å². The van der Waals surface area contributed by atoms with Gasteiger partial charge >= 0.3 is 0 Å². The van der Waals surface area contributed by atoms with Crippen LogP contribution in [-0.2, 0) is 32.6 Å². The van der Waals surface area contributed by atoms with E-state index in [-0.39, 0.29) is 19.0 Å². The number of hydrogen-bond acceptors (Lipinski definition) is 4. The molecule has 2 aromatic rings. The molecule has 1 unspecified atom stereocenters. The number of aryl methyl sites for hydroxylation is 2. The molecular formula is C23H31N3O4S. The van der Waals surface area contributed by atoms with E-state index in [0.717, 1.165) is 27.3 Å². The van der Waals surface area contributed by atoms with Gasteiger partial charge in [-0.2, -0.15) is 0 Å². The van der Waals surface area contributed by atoms with E-state index in [1.807, 2.05) is 50.2 Å². The molecule has 0 aliphatic carbocycles. The van der Waals surface area contributed by atoms with Crippen LogP contribution < -0.4 is 9.62 Å². The SMILES string of the molecule is CCc1ccccc1N(CC(=O)N(Cc1cccc(C)c1)C(C)C(=O)NC)S(C)(=O)=O. The van der Waals surface area contributed by atoms with Crippen molar-refractivity contribution in [2.75, 3.05) is 24.2 Å². The smallest absolute Gasteiger partial charge is 0.244 e. The van der Waals surface area contributed by atoms with Crippen molar-refractivity contribution in [1.29, 1.82) is 0 Å². The fourth-order valence-corrected chi connectivity index (χ4v) is 4.33. The zero-order chi connectivity index (χ0) is 23.2. The molecule has 8 heteroatoms. The van der Waals surface area contributed by atoms with Gasteiger partial charge in [0.15, 0.2) is 0 Å². The van der Waals surface area contributed by atoms with Gasteiger partial charge in [-0.15, -0.1) is 0 Å². The molecule has 0 saturated heterocycles. The number of anilines is 1. The highest BCUT2D eigenvalue weighted by molar-refractivity contribution is 7.92. The average molecular weight is 446 g/mol. The molecule has 168 valence electrons. The molecular weight excluding hydrogens is 414 g/mol. The highest BCUT2D eigenvalue weighted by Gasteiger charge is 2.30. The minimum absolute atomic E-state index is 0.197. The van der Waals surface area contributed by atoms with Gasteiger partial charge in [-0.3, -0.25) is 13.9 Å². The maximum absolute atomic E-state index is 13.4. The number of nitrogens with zero attached hydrogens (tertiary/aromatic N) is 2. The second-order valence-electron chi connectivity index (χ2n) is 7.55. The van der Waals surface area contributed by atoms with Gasteiger partial charge in [0.1, 0.15) is 12.6 Å². The summed E-state index contributed by atoms with van der Waals surface area (Å²) < 4.78 is 26.3. The Bertz CT molecular complexity index is 1040. The van der Waals surface area contributed by atoms with Crippen molar-refractivity contribution in [2.45, 2.75) is 39.8 Å². The Morgan fingerprint density at radius 1 is 1.10 bits per heavy atom. The number of benzene rings is 2. The largest absolute Gasteiger partial charge is 0.357 e. The van der Waals surface area contributed by atoms with Crippen LogP contribution in [0, 0.1) is 6.92 Å². The summed E-state index contributed by atoms with van der Waals surface area (Å²) in [6.45, 7) is 5.33. The summed E-state index contributed by atoms with van der Waals surface area (Å²) in [6, 6.07) is 14.0. The summed E-state index contributed by atoms with van der Waals surface area (Å²) >= 11 is 0. The van der Waals surface area contributed by atoms with Crippen LogP contribution in [0.15, 0.2) is 48.5 Å². The molecule has 1 atom stereocenters. The molecule has 0 heterocycles. The lowest BCUT2D eigenvalue weighted by Gasteiger charge is -2.31. The molecule has 0 spiro atoms. The minimum Gasteiger partial charge on any atom is -0.357 e. The predicted molar refractivity (Wildman–Crippen MR) is 123 cm³/mol. The van der Waals surface area contributed by atoms with Gasteiger partial charge in [-0.1, -0.05) is 55.0 Å². The van der Waals surface area contributed by atoms with Gasteiger partial charge in [0.2, 0.25) is 21.8 Å². The van der Waals surface area contributed by atoms with Gasteiger partial charge in [0.05, 0.1) is 11.9 Å². The summed E-state index contributed by atoms with van der Waals surface area (Å²) in [4.78, 5) is 27.1. The lowest BCUT2D eigenvalue weighted by Crippen LogP contribution is -2.50. The molecule has 2 amide bonds. The molecule has 1 N–H and O–H groups in total. The summed E-state index contributed by atoms with van der Waals surface area (Å²) in [5.41, 5.74) is 3.20. The first-order chi connectivity index (χ1) is 14.6. The van der Waals surface area contributed by atoms with Crippen molar-refractivity contribution in [2.24, 2.45) is 0 Å². The number of rotatable bonds is 9. The van der Waals surface area contributed by atoms with E-state index in [4.69, 9.17) is 0 Å². The van der Waals surface area contributed by atoms with Crippen LogP contribution in [0.1, 0.15) is 30.5 Å². The third-order valence-electron chi connectivity index (χ3n) is 5.17. The van der Waals surface area contributed by atoms with Crippen molar-refractivity contribution in [1.82, 2.24) is 10.2 Å². The fourth-order valence-electron chi connectivity index (χ4n) is 3.45. The first-order valence-corrected chi connectivity index (χ1v) is 12.1. The number of carbonyl (C=O) groups is 2. The zero-order valence-electron chi connectivity index (χ0n) is 18.8. The molecule has 0 bridgehead atoms. The van der Waals surface area contributed by atoms with Gasteiger partial charge in [-0.05, 0) is 37.5 Å². The van der Waals surface area contributed by atoms with Crippen LogP contribution in [0.5, 0.6) is 0 Å². The number of likely N-dealkylation sites (N-methyl/N-ethyl adjacent to an activating group) is 1. The Kier molecular flexibility index (Phi) is 8.21. The third-order valence-corrected chi connectivity index (χ3v) is 6.30. The van der Waals surface area contributed by atoms with Gasteiger partial charge in [-0.25, -0.2) is 8.42 Å². The Balaban J connectivity index is 2.42. The topological polar surface area (TPSA) is 86.8 Å². The summed E-state index contributed by atoms with van der Waals surface area (Å²) in [7, 11) is -2.22. The molecule has 7 nitrogen and oxygen atoms in total. The predicted octanol–water partition coefficient (Wildman–Crippen LogP) is 2.49. The summed E-state index contributed by atoms with van der Waals surface area (Å²) in [5, 5.41) is 2.57.